The highest BCUT2D eigenvalue weighted by atomic mass is 35.5. The molecule has 1 heterocycles. The van der Waals surface area contributed by atoms with Crippen LogP contribution in [-0.4, -0.2) is 10.9 Å². The highest BCUT2D eigenvalue weighted by Gasteiger charge is 2.08. The van der Waals surface area contributed by atoms with Crippen LogP contribution in [0, 0.1) is 0 Å². The van der Waals surface area contributed by atoms with Crippen molar-refractivity contribution in [2.75, 3.05) is 0 Å². The van der Waals surface area contributed by atoms with Gasteiger partial charge in [-0.15, -0.1) is 0 Å². The molecule has 0 atom stereocenters. The van der Waals surface area contributed by atoms with Crippen LogP contribution in [0.2, 0.25) is 5.02 Å². The molecule has 0 bridgehead atoms. The maximum absolute atomic E-state index is 11.9. The van der Waals surface area contributed by atoms with Crippen molar-refractivity contribution in [2.45, 2.75) is 6.61 Å². The summed E-state index contributed by atoms with van der Waals surface area (Å²) in [6.07, 6.45) is 1.75. The monoisotopic (exact) mass is 414 g/mol. The van der Waals surface area contributed by atoms with E-state index in [1.807, 2.05) is 60.7 Å². The Balaban J connectivity index is 1.48. The molecule has 0 spiro atoms. The fraction of sp³-hybridized carbons (Fsp3) is 0.0400. The van der Waals surface area contributed by atoms with E-state index in [0.29, 0.717) is 23.0 Å². The minimum atomic E-state index is -0.500. The molecule has 2 N–H and O–H groups in total. The number of nitrogens with two attached hydrogens (primary N) is 1. The number of benzene rings is 3. The van der Waals surface area contributed by atoms with Crippen LogP contribution in [0.1, 0.15) is 16.8 Å². The molecule has 4 nitrogen and oxygen atoms in total. The minimum absolute atomic E-state index is 0.372. The van der Waals surface area contributed by atoms with Crippen molar-refractivity contribution in [1.29, 1.82) is 0 Å². The number of hydrogen-bond acceptors (Lipinski definition) is 3. The van der Waals surface area contributed by atoms with Crippen molar-refractivity contribution >= 4 is 40.1 Å². The van der Waals surface area contributed by atoms with Crippen molar-refractivity contribution in [1.82, 2.24) is 4.98 Å². The van der Waals surface area contributed by atoms with Gasteiger partial charge in [-0.3, -0.25) is 4.79 Å². The van der Waals surface area contributed by atoms with Crippen molar-refractivity contribution < 1.29 is 9.53 Å². The van der Waals surface area contributed by atoms with Crippen molar-refractivity contribution in [3.8, 4) is 5.75 Å². The second kappa shape index (κ2) is 8.80. The van der Waals surface area contributed by atoms with Crippen LogP contribution in [0.15, 0.2) is 84.9 Å². The smallest absolute Gasteiger partial charge is 0.249 e. The van der Waals surface area contributed by atoms with Crippen LogP contribution >= 0.6 is 11.6 Å². The number of carbonyl (C=O) groups excluding carboxylic acids is 1. The predicted octanol–water partition coefficient (Wildman–Crippen LogP) is 5.49. The third-order valence-corrected chi connectivity index (χ3v) is 4.91. The fourth-order valence-corrected chi connectivity index (χ4v) is 3.23. The van der Waals surface area contributed by atoms with Gasteiger partial charge >= 0.3 is 0 Å². The Labute approximate surface area is 179 Å². The van der Waals surface area contributed by atoms with Crippen LogP contribution in [0.25, 0.3) is 22.6 Å². The number of nitrogens with zero attached hydrogens (tertiary/aromatic N) is 1. The zero-order valence-electron chi connectivity index (χ0n) is 16.1. The lowest BCUT2D eigenvalue weighted by Crippen LogP contribution is -2.12. The minimum Gasteiger partial charge on any atom is -0.487 e. The van der Waals surface area contributed by atoms with Gasteiger partial charge in [0.1, 0.15) is 12.4 Å². The number of para-hydroxylation sites is 1. The summed E-state index contributed by atoms with van der Waals surface area (Å²) in [7, 11) is 0. The molecule has 0 unspecified atom stereocenters. The molecule has 0 aliphatic heterocycles. The summed E-state index contributed by atoms with van der Waals surface area (Å²) < 4.78 is 5.86. The van der Waals surface area contributed by atoms with Gasteiger partial charge in [-0.1, -0.05) is 60.1 Å². The predicted molar refractivity (Wildman–Crippen MR) is 121 cm³/mol. The average Bonchev–Trinajstić information content (AvgIpc) is 2.77. The first-order valence-corrected chi connectivity index (χ1v) is 9.81. The number of amides is 1. The summed E-state index contributed by atoms with van der Waals surface area (Å²) in [6, 6.07) is 26.4. The Hall–Kier alpha value is -3.63. The van der Waals surface area contributed by atoms with Gasteiger partial charge in [0.2, 0.25) is 5.91 Å². The number of carbonyl (C=O) groups is 1. The second-order valence-corrected chi connectivity index (χ2v) is 7.22. The first kappa shape index (κ1) is 19.7. The fourth-order valence-electron chi connectivity index (χ4n) is 3.10. The first-order chi connectivity index (χ1) is 14.6. The lowest BCUT2D eigenvalue weighted by molar-refractivity contribution is -0.112. The molecule has 4 aromatic rings. The van der Waals surface area contributed by atoms with Crippen molar-refractivity contribution in [3.63, 3.8) is 0 Å². The van der Waals surface area contributed by atoms with Crippen LogP contribution in [0.3, 0.4) is 0 Å². The van der Waals surface area contributed by atoms with E-state index >= 15 is 0 Å². The average molecular weight is 415 g/mol. The first-order valence-electron chi connectivity index (χ1n) is 9.43. The number of ether oxygens (including phenoxy) is 1. The van der Waals surface area contributed by atoms with Gasteiger partial charge in [0.15, 0.2) is 0 Å². The number of fused-ring (bicyclic) bond motifs is 1. The molecule has 0 radical (unpaired) electrons. The molecule has 0 aliphatic carbocycles. The summed E-state index contributed by atoms with van der Waals surface area (Å²) in [4.78, 5) is 16.5. The van der Waals surface area contributed by atoms with Crippen molar-refractivity contribution in [2.24, 2.45) is 5.73 Å². The van der Waals surface area contributed by atoms with E-state index < -0.39 is 5.91 Å². The summed E-state index contributed by atoms with van der Waals surface area (Å²) in [6.45, 7) is 0.372. The third kappa shape index (κ3) is 4.67. The molecule has 148 valence electrons. The number of halogens is 1. The van der Waals surface area contributed by atoms with Gasteiger partial charge in [-0.2, -0.15) is 0 Å². The molecule has 0 fully saturated rings. The van der Waals surface area contributed by atoms with Crippen LogP contribution in [0.5, 0.6) is 5.75 Å². The molecule has 1 amide bonds. The molecule has 0 aliphatic rings. The zero-order chi connectivity index (χ0) is 20.9. The Morgan fingerprint density at radius 3 is 2.40 bits per heavy atom. The van der Waals surface area contributed by atoms with Crippen molar-refractivity contribution in [3.05, 3.63) is 107 Å². The molecular formula is C25H19ClN2O2. The molecule has 0 saturated heterocycles. The van der Waals surface area contributed by atoms with E-state index in [4.69, 9.17) is 22.1 Å². The Morgan fingerprint density at radius 2 is 1.67 bits per heavy atom. The summed E-state index contributed by atoms with van der Waals surface area (Å²) >= 11 is 5.92. The van der Waals surface area contributed by atoms with Crippen LogP contribution in [0.4, 0.5) is 0 Å². The van der Waals surface area contributed by atoms with Gasteiger partial charge in [-0.05, 0) is 53.6 Å². The van der Waals surface area contributed by atoms with Gasteiger partial charge < -0.3 is 10.5 Å². The van der Waals surface area contributed by atoms with Gasteiger partial charge in [-0.25, -0.2) is 4.98 Å². The quantitative estimate of drug-likeness (QED) is 0.335. The number of hydrogen-bond donors (Lipinski definition) is 1. The molecular weight excluding hydrogens is 396 g/mol. The molecule has 1 aromatic heterocycles. The zero-order valence-corrected chi connectivity index (χ0v) is 16.8. The van der Waals surface area contributed by atoms with Gasteiger partial charge in [0.25, 0.3) is 0 Å². The second-order valence-electron chi connectivity index (χ2n) is 6.78. The standard InChI is InChI=1S/C25H19ClN2O2/c26-20-10-7-18(8-11-20)23(25(27)29)15-17-5-13-22(14-6-17)30-16-21-12-9-19-3-1-2-4-24(19)28-21/h1-15H,16H2,(H2,27,29). The molecule has 4 rings (SSSR count). The Kier molecular flexibility index (Phi) is 5.77. The van der Waals surface area contributed by atoms with E-state index in [2.05, 4.69) is 4.98 Å². The highest BCUT2D eigenvalue weighted by molar-refractivity contribution is 6.30. The van der Waals surface area contributed by atoms with E-state index in [-0.39, 0.29) is 0 Å². The van der Waals surface area contributed by atoms with E-state index in [0.717, 1.165) is 27.7 Å². The Bertz CT molecular complexity index is 1220. The van der Waals surface area contributed by atoms with Gasteiger partial charge in [0.05, 0.1) is 11.2 Å². The molecule has 30 heavy (non-hydrogen) atoms. The topological polar surface area (TPSA) is 65.2 Å². The van der Waals surface area contributed by atoms with Crippen LogP contribution in [-0.2, 0) is 11.4 Å². The lowest BCUT2D eigenvalue weighted by Gasteiger charge is -2.08. The maximum Gasteiger partial charge on any atom is 0.249 e. The number of rotatable bonds is 6. The summed E-state index contributed by atoms with van der Waals surface area (Å²) in [5.74, 6) is 0.217. The van der Waals surface area contributed by atoms with E-state index in [1.165, 1.54) is 0 Å². The largest absolute Gasteiger partial charge is 0.487 e. The normalized spacial score (nSPS) is 11.4. The third-order valence-electron chi connectivity index (χ3n) is 4.65. The maximum atomic E-state index is 11.9. The Morgan fingerprint density at radius 1 is 0.933 bits per heavy atom. The molecule has 5 heteroatoms. The number of aromatic nitrogens is 1. The number of primary amides is 1. The molecule has 0 saturated carbocycles. The lowest BCUT2D eigenvalue weighted by atomic mass is 10.0. The van der Waals surface area contributed by atoms with E-state index in [1.54, 1.807) is 30.3 Å². The SMILES string of the molecule is NC(=O)C(=Cc1ccc(OCc2ccc3ccccc3n2)cc1)c1ccc(Cl)cc1. The summed E-state index contributed by atoms with van der Waals surface area (Å²) in [5, 5.41) is 1.70. The van der Waals surface area contributed by atoms with Gasteiger partial charge in [0, 0.05) is 16.0 Å². The highest BCUT2D eigenvalue weighted by Crippen LogP contribution is 2.22. The summed E-state index contributed by atoms with van der Waals surface area (Å²) in [5.41, 5.74) is 9.34. The number of pyridine rings is 1. The van der Waals surface area contributed by atoms with Crippen LogP contribution < -0.4 is 10.5 Å². The van der Waals surface area contributed by atoms with E-state index in [9.17, 15) is 4.79 Å². The molecule has 3 aromatic carbocycles.